The second-order valence-electron chi connectivity index (χ2n) is 3.73. The smallest absolute Gasteiger partial charge is 0.127 e. The summed E-state index contributed by atoms with van der Waals surface area (Å²) < 4.78 is 18.1. The Morgan fingerprint density at radius 3 is 2.81 bits per heavy atom. The molecule has 1 aromatic heterocycles. The molecule has 0 aliphatic heterocycles. The summed E-state index contributed by atoms with van der Waals surface area (Å²) in [4.78, 5) is 1.91. The van der Waals surface area contributed by atoms with Crippen molar-refractivity contribution in [2.75, 3.05) is 17.7 Å². The predicted octanol–water partition coefficient (Wildman–Crippen LogP) is 2.64. The maximum absolute atomic E-state index is 13.1. The minimum Gasteiger partial charge on any atom is -0.472 e. The molecule has 1 aromatic carbocycles. The average Bonchev–Trinajstić information content (AvgIpc) is 2.68. The van der Waals surface area contributed by atoms with Crippen LogP contribution in [-0.4, -0.2) is 7.05 Å². The van der Waals surface area contributed by atoms with Gasteiger partial charge in [-0.05, 0) is 24.3 Å². The van der Waals surface area contributed by atoms with Gasteiger partial charge < -0.3 is 15.1 Å². The number of hydrogen-bond donors (Lipinski definition) is 1. The number of benzene rings is 1. The SMILES string of the molecule is CN(Cc1ccoc1)c1cc(N)cc(F)c1. The number of furan rings is 1. The van der Waals surface area contributed by atoms with E-state index in [1.165, 1.54) is 12.1 Å². The monoisotopic (exact) mass is 220 g/mol. The summed E-state index contributed by atoms with van der Waals surface area (Å²) in [5.74, 6) is -0.325. The van der Waals surface area contributed by atoms with E-state index in [2.05, 4.69) is 0 Å². The van der Waals surface area contributed by atoms with Gasteiger partial charge in [0.15, 0.2) is 0 Å². The van der Waals surface area contributed by atoms with Crippen LogP contribution in [0.1, 0.15) is 5.56 Å². The third-order valence-corrected chi connectivity index (χ3v) is 2.35. The first kappa shape index (κ1) is 10.5. The first-order valence-corrected chi connectivity index (χ1v) is 4.93. The molecular weight excluding hydrogens is 207 g/mol. The van der Waals surface area contributed by atoms with Crippen molar-refractivity contribution < 1.29 is 8.81 Å². The maximum Gasteiger partial charge on any atom is 0.127 e. The van der Waals surface area contributed by atoms with Crippen LogP contribution in [0.15, 0.2) is 41.2 Å². The summed E-state index contributed by atoms with van der Waals surface area (Å²) >= 11 is 0. The number of rotatable bonds is 3. The van der Waals surface area contributed by atoms with Gasteiger partial charge in [0.2, 0.25) is 0 Å². The van der Waals surface area contributed by atoms with Gasteiger partial charge in [0.05, 0.1) is 12.5 Å². The molecule has 4 heteroatoms. The zero-order valence-electron chi connectivity index (χ0n) is 8.98. The Morgan fingerprint density at radius 2 is 2.19 bits per heavy atom. The molecule has 0 saturated heterocycles. The van der Waals surface area contributed by atoms with Gasteiger partial charge >= 0.3 is 0 Å². The largest absolute Gasteiger partial charge is 0.472 e. The Labute approximate surface area is 93.3 Å². The molecule has 1 heterocycles. The first-order chi connectivity index (χ1) is 7.65. The van der Waals surface area contributed by atoms with Gasteiger partial charge in [-0.25, -0.2) is 4.39 Å². The van der Waals surface area contributed by atoms with Crippen molar-refractivity contribution in [3.63, 3.8) is 0 Å². The fourth-order valence-corrected chi connectivity index (χ4v) is 1.56. The number of hydrogen-bond acceptors (Lipinski definition) is 3. The van der Waals surface area contributed by atoms with Crippen LogP contribution in [0.4, 0.5) is 15.8 Å². The van der Waals surface area contributed by atoms with E-state index in [9.17, 15) is 4.39 Å². The van der Waals surface area contributed by atoms with Crippen LogP contribution in [0.3, 0.4) is 0 Å². The second kappa shape index (κ2) is 4.26. The van der Waals surface area contributed by atoms with Crippen LogP contribution in [0.5, 0.6) is 0 Å². The van der Waals surface area contributed by atoms with Gasteiger partial charge in [0.25, 0.3) is 0 Å². The summed E-state index contributed by atoms with van der Waals surface area (Å²) in [6.45, 7) is 0.652. The molecule has 0 bridgehead atoms. The zero-order valence-corrected chi connectivity index (χ0v) is 8.98. The van der Waals surface area contributed by atoms with Crippen LogP contribution < -0.4 is 10.6 Å². The summed E-state index contributed by atoms with van der Waals surface area (Å²) in [6.07, 6.45) is 3.28. The fourth-order valence-electron chi connectivity index (χ4n) is 1.56. The first-order valence-electron chi connectivity index (χ1n) is 4.93. The van der Waals surface area contributed by atoms with E-state index >= 15 is 0 Å². The zero-order chi connectivity index (χ0) is 11.5. The molecule has 0 unspecified atom stereocenters. The van der Waals surface area contributed by atoms with E-state index in [0.717, 1.165) is 11.3 Å². The van der Waals surface area contributed by atoms with Crippen molar-refractivity contribution >= 4 is 11.4 Å². The topological polar surface area (TPSA) is 42.4 Å². The number of halogens is 1. The molecule has 2 aromatic rings. The number of nitrogens with zero attached hydrogens (tertiary/aromatic N) is 1. The molecule has 0 spiro atoms. The van der Waals surface area contributed by atoms with Gasteiger partial charge in [0, 0.05) is 30.5 Å². The van der Waals surface area contributed by atoms with Gasteiger partial charge in [0.1, 0.15) is 5.82 Å². The summed E-state index contributed by atoms with van der Waals surface area (Å²) in [5, 5.41) is 0. The third kappa shape index (κ3) is 2.34. The van der Waals surface area contributed by atoms with E-state index in [1.807, 2.05) is 18.0 Å². The van der Waals surface area contributed by atoms with Crippen molar-refractivity contribution in [2.24, 2.45) is 0 Å². The molecule has 84 valence electrons. The van der Waals surface area contributed by atoms with Crippen molar-refractivity contribution in [1.29, 1.82) is 0 Å². The molecule has 2 N–H and O–H groups in total. The quantitative estimate of drug-likeness (QED) is 0.808. The minimum atomic E-state index is -0.325. The summed E-state index contributed by atoms with van der Waals surface area (Å²) in [6, 6.07) is 6.37. The Bertz CT molecular complexity index is 448. The van der Waals surface area contributed by atoms with Crippen molar-refractivity contribution in [2.45, 2.75) is 6.54 Å². The molecule has 0 aliphatic carbocycles. The second-order valence-corrected chi connectivity index (χ2v) is 3.73. The Kier molecular flexibility index (Phi) is 2.81. The summed E-state index contributed by atoms with van der Waals surface area (Å²) in [5.41, 5.74) is 7.79. The lowest BCUT2D eigenvalue weighted by Gasteiger charge is -2.18. The van der Waals surface area contributed by atoms with E-state index in [1.54, 1.807) is 18.6 Å². The highest BCUT2D eigenvalue weighted by molar-refractivity contribution is 5.56. The standard InChI is InChI=1S/C12H13FN2O/c1-15(7-9-2-3-16-8-9)12-5-10(13)4-11(14)6-12/h2-6,8H,7,14H2,1H3. The Morgan fingerprint density at radius 1 is 1.38 bits per heavy atom. The molecule has 0 aliphatic rings. The number of anilines is 2. The number of nitrogens with two attached hydrogens (primary N) is 1. The molecule has 3 nitrogen and oxygen atoms in total. The highest BCUT2D eigenvalue weighted by Gasteiger charge is 2.05. The molecule has 0 atom stereocenters. The van der Waals surface area contributed by atoms with Crippen LogP contribution in [0.2, 0.25) is 0 Å². The van der Waals surface area contributed by atoms with Crippen LogP contribution in [0.25, 0.3) is 0 Å². The molecule has 16 heavy (non-hydrogen) atoms. The van der Waals surface area contributed by atoms with Crippen molar-refractivity contribution in [3.05, 3.63) is 48.2 Å². The Balaban J connectivity index is 2.17. The molecule has 0 radical (unpaired) electrons. The lowest BCUT2D eigenvalue weighted by Crippen LogP contribution is -2.16. The van der Waals surface area contributed by atoms with Crippen molar-refractivity contribution in [3.8, 4) is 0 Å². The lowest BCUT2D eigenvalue weighted by atomic mass is 10.2. The molecule has 0 amide bonds. The van der Waals surface area contributed by atoms with E-state index in [4.69, 9.17) is 10.2 Å². The molecule has 0 saturated carbocycles. The molecule has 2 rings (SSSR count). The van der Waals surface area contributed by atoms with Gasteiger partial charge in [-0.2, -0.15) is 0 Å². The van der Waals surface area contributed by atoms with Crippen LogP contribution in [-0.2, 0) is 6.54 Å². The lowest BCUT2D eigenvalue weighted by molar-refractivity contribution is 0.563. The van der Waals surface area contributed by atoms with E-state index in [0.29, 0.717) is 12.2 Å². The third-order valence-electron chi connectivity index (χ3n) is 2.35. The fraction of sp³-hybridized carbons (Fsp3) is 0.167. The summed E-state index contributed by atoms with van der Waals surface area (Å²) in [7, 11) is 1.88. The average molecular weight is 220 g/mol. The maximum atomic E-state index is 13.1. The van der Waals surface area contributed by atoms with Gasteiger partial charge in [-0.1, -0.05) is 0 Å². The van der Waals surface area contributed by atoms with Crippen LogP contribution >= 0.6 is 0 Å². The normalized spacial score (nSPS) is 10.4. The van der Waals surface area contributed by atoms with Gasteiger partial charge in [-0.15, -0.1) is 0 Å². The van der Waals surface area contributed by atoms with Crippen molar-refractivity contribution in [1.82, 2.24) is 0 Å². The van der Waals surface area contributed by atoms with Gasteiger partial charge in [-0.3, -0.25) is 0 Å². The molecule has 0 fully saturated rings. The Hall–Kier alpha value is -1.97. The highest BCUT2D eigenvalue weighted by Crippen LogP contribution is 2.20. The predicted molar refractivity (Wildman–Crippen MR) is 61.6 cm³/mol. The van der Waals surface area contributed by atoms with E-state index in [-0.39, 0.29) is 5.82 Å². The minimum absolute atomic E-state index is 0.325. The molecular formula is C12H13FN2O. The highest BCUT2D eigenvalue weighted by atomic mass is 19.1. The van der Waals surface area contributed by atoms with E-state index < -0.39 is 0 Å². The number of nitrogen functional groups attached to an aromatic ring is 1. The van der Waals surface area contributed by atoms with Crippen LogP contribution in [0, 0.1) is 5.82 Å².